The average molecular weight is 229 g/mol. The molecule has 0 saturated heterocycles. The molecule has 0 saturated carbocycles. The molecule has 0 unspecified atom stereocenters. The van der Waals surface area contributed by atoms with E-state index in [9.17, 15) is 4.79 Å². The van der Waals surface area contributed by atoms with Crippen molar-refractivity contribution < 1.29 is 4.42 Å². The molecule has 0 spiro atoms. The van der Waals surface area contributed by atoms with Gasteiger partial charge in [-0.15, -0.1) is 0 Å². The zero-order valence-electron chi connectivity index (χ0n) is 5.93. The molecule has 2 rings (SSSR count). The first-order valence-corrected chi connectivity index (χ1v) is 4.04. The van der Waals surface area contributed by atoms with Gasteiger partial charge < -0.3 is 10.2 Å². The van der Waals surface area contributed by atoms with E-state index < -0.39 is 5.76 Å². The second-order valence-electron chi connectivity index (χ2n) is 2.38. The number of fused-ring (bicyclic) bond motifs is 1. The van der Waals surface area contributed by atoms with Crippen LogP contribution in [0.5, 0.6) is 0 Å². The molecule has 0 radical (unpaired) electrons. The maximum Gasteiger partial charge on any atom is 0.417 e. The van der Waals surface area contributed by atoms with E-state index >= 15 is 0 Å². The second kappa shape index (κ2) is 2.38. The molecule has 4 nitrogen and oxygen atoms in total. The van der Waals surface area contributed by atoms with Crippen LogP contribution in [0.25, 0.3) is 11.1 Å². The molecule has 0 aliphatic rings. The summed E-state index contributed by atoms with van der Waals surface area (Å²) in [6.07, 6.45) is 0. The number of anilines is 1. The zero-order valence-corrected chi connectivity index (χ0v) is 7.51. The maximum atomic E-state index is 10.7. The number of oxazole rings is 1. The van der Waals surface area contributed by atoms with Crippen LogP contribution in [0.4, 0.5) is 5.69 Å². The minimum Gasteiger partial charge on any atom is -0.408 e. The summed E-state index contributed by atoms with van der Waals surface area (Å²) in [4.78, 5) is 13.2. The van der Waals surface area contributed by atoms with Gasteiger partial charge in [0.2, 0.25) is 0 Å². The SMILES string of the molecule is Nc1cc2[nH]c(=O)oc2cc1Br. The van der Waals surface area contributed by atoms with E-state index in [0.717, 1.165) is 4.47 Å². The Balaban J connectivity index is 2.92. The van der Waals surface area contributed by atoms with Crippen molar-refractivity contribution in [2.75, 3.05) is 5.73 Å². The number of nitrogens with one attached hydrogen (secondary N) is 1. The third-order valence-electron chi connectivity index (χ3n) is 1.54. The Hall–Kier alpha value is -1.23. The van der Waals surface area contributed by atoms with Gasteiger partial charge >= 0.3 is 5.76 Å². The van der Waals surface area contributed by atoms with Crippen LogP contribution >= 0.6 is 15.9 Å². The quantitative estimate of drug-likeness (QED) is 0.671. The van der Waals surface area contributed by atoms with E-state index in [0.29, 0.717) is 16.8 Å². The number of benzene rings is 1. The van der Waals surface area contributed by atoms with Crippen molar-refractivity contribution in [3.63, 3.8) is 0 Å². The number of H-pyrrole nitrogens is 1. The zero-order chi connectivity index (χ0) is 8.72. The first-order valence-electron chi connectivity index (χ1n) is 3.24. The van der Waals surface area contributed by atoms with E-state index in [1.165, 1.54) is 0 Å². The standard InChI is InChI=1S/C7H5BrN2O2/c8-3-1-6-5(2-4(3)9)10-7(11)12-6/h1-2H,9H2,(H,10,11). The summed E-state index contributed by atoms with van der Waals surface area (Å²) in [5, 5.41) is 0. The van der Waals surface area contributed by atoms with E-state index in [2.05, 4.69) is 20.9 Å². The normalized spacial score (nSPS) is 10.8. The van der Waals surface area contributed by atoms with Crippen molar-refractivity contribution in [1.29, 1.82) is 0 Å². The average Bonchev–Trinajstić information content (AvgIpc) is 2.30. The minimum absolute atomic E-state index is 0.470. The molecule has 2 aromatic rings. The lowest BCUT2D eigenvalue weighted by Gasteiger charge is -1.94. The molecule has 0 fully saturated rings. The van der Waals surface area contributed by atoms with E-state index in [4.69, 9.17) is 10.2 Å². The van der Waals surface area contributed by atoms with Crippen LogP contribution in [-0.4, -0.2) is 4.98 Å². The molecule has 3 N–H and O–H groups in total. The van der Waals surface area contributed by atoms with Crippen LogP contribution in [0.3, 0.4) is 0 Å². The molecule has 0 bridgehead atoms. The highest BCUT2D eigenvalue weighted by atomic mass is 79.9. The first kappa shape index (κ1) is 7.42. The van der Waals surface area contributed by atoms with Gasteiger partial charge in [-0.1, -0.05) is 0 Å². The van der Waals surface area contributed by atoms with Gasteiger partial charge in [-0.05, 0) is 28.1 Å². The number of nitrogens with two attached hydrogens (primary N) is 1. The molecular weight excluding hydrogens is 224 g/mol. The predicted octanol–water partition coefficient (Wildman–Crippen LogP) is 1.47. The van der Waals surface area contributed by atoms with Gasteiger partial charge in [0.05, 0.1) is 5.52 Å². The molecule has 1 aromatic carbocycles. The monoisotopic (exact) mass is 228 g/mol. The Morgan fingerprint density at radius 3 is 3.00 bits per heavy atom. The van der Waals surface area contributed by atoms with Crippen LogP contribution in [0.15, 0.2) is 25.8 Å². The fourth-order valence-electron chi connectivity index (χ4n) is 0.989. The van der Waals surface area contributed by atoms with Crippen molar-refractivity contribution in [3.8, 4) is 0 Å². The van der Waals surface area contributed by atoms with Gasteiger partial charge in [-0.3, -0.25) is 4.98 Å². The lowest BCUT2D eigenvalue weighted by molar-refractivity contribution is 0.555. The van der Waals surface area contributed by atoms with Crippen molar-refractivity contribution in [3.05, 3.63) is 27.2 Å². The molecule has 0 aliphatic heterocycles. The van der Waals surface area contributed by atoms with Gasteiger partial charge in [0.25, 0.3) is 0 Å². The molecule has 1 heterocycles. The van der Waals surface area contributed by atoms with Crippen LogP contribution in [-0.2, 0) is 0 Å². The molecule has 0 atom stereocenters. The topological polar surface area (TPSA) is 72.0 Å². The summed E-state index contributed by atoms with van der Waals surface area (Å²) in [5.41, 5.74) is 7.27. The summed E-state index contributed by atoms with van der Waals surface area (Å²) in [5.74, 6) is -0.470. The van der Waals surface area contributed by atoms with Gasteiger partial charge in [0, 0.05) is 10.2 Å². The van der Waals surface area contributed by atoms with E-state index in [-0.39, 0.29) is 0 Å². The predicted molar refractivity (Wildman–Crippen MR) is 48.9 cm³/mol. The Morgan fingerprint density at radius 2 is 2.25 bits per heavy atom. The largest absolute Gasteiger partial charge is 0.417 e. The van der Waals surface area contributed by atoms with E-state index in [1.54, 1.807) is 12.1 Å². The second-order valence-corrected chi connectivity index (χ2v) is 3.24. The maximum absolute atomic E-state index is 10.7. The van der Waals surface area contributed by atoms with Gasteiger partial charge in [-0.2, -0.15) is 0 Å². The van der Waals surface area contributed by atoms with Gasteiger partial charge in [0.1, 0.15) is 0 Å². The molecule has 1 aromatic heterocycles. The highest BCUT2D eigenvalue weighted by Crippen LogP contribution is 2.24. The summed E-state index contributed by atoms with van der Waals surface area (Å²) >= 11 is 3.22. The highest BCUT2D eigenvalue weighted by Gasteiger charge is 2.03. The fourth-order valence-corrected chi connectivity index (χ4v) is 1.31. The van der Waals surface area contributed by atoms with Gasteiger partial charge in [-0.25, -0.2) is 4.79 Å². The Kier molecular flexibility index (Phi) is 1.47. The van der Waals surface area contributed by atoms with Crippen molar-refractivity contribution >= 4 is 32.7 Å². The van der Waals surface area contributed by atoms with Crippen LogP contribution in [0, 0.1) is 0 Å². The summed E-state index contributed by atoms with van der Waals surface area (Å²) in [6.45, 7) is 0. The molecule has 0 aliphatic carbocycles. The Labute approximate surface area is 75.5 Å². The molecular formula is C7H5BrN2O2. The summed E-state index contributed by atoms with van der Waals surface area (Å²) in [6, 6.07) is 3.30. The first-order chi connectivity index (χ1) is 5.66. The smallest absolute Gasteiger partial charge is 0.408 e. The molecule has 0 amide bonds. The lowest BCUT2D eigenvalue weighted by atomic mass is 10.3. The number of halogens is 1. The Bertz CT molecular complexity index is 444. The summed E-state index contributed by atoms with van der Waals surface area (Å²) < 4.78 is 5.53. The molecule has 62 valence electrons. The van der Waals surface area contributed by atoms with E-state index in [1.807, 2.05) is 0 Å². The van der Waals surface area contributed by atoms with Crippen LogP contribution in [0.2, 0.25) is 0 Å². The third kappa shape index (κ3) is 1.02. The summed E-state index contributed by atoms with van der Waals surface area (Å²) in [7, 11) is 0. The van der Waals surface area contributed by atoms with Crippen molar-refractivity contribution in [1.82, 2.24) is 4.98 Å². The highest BCUT2D eigenvalue weighted by molar-refractivity contribution is 9.10. The number of hydrogen-bond acceptors (Lipinski definition) is 3. The number of aromatic amines is 1. The van der Waals surface area contributed by atoms with Crippen LogP contribution in [0.1, 0.15) is 0 Å². The molecule has 12 heavy (non-hydrogen) atoms. The van der Waals surface area contributed by atoms with Crippen molar-refractivity contribution in [2.45, 2.75) is 0 Å². The third-order valence-corrected chi connectivity index (χ3v) is 2.23. The number of rotatable bonds is 0. The number of hydrogen-bond donors (Lipinski definition) is 2. The lowest BCUT2D eigenvalue weighted by Crippen LogP contribution is -1.93. The van der Waals surface area contributed by atoms with Crippen molar-refractivity contribution in [2.24, 2.45) is 0 Å². The van der Waals surface area contributed by atoms with Crippen LogP contribution < -0.4 is 11.5 Å². The van der Waals surface area contributed by atoms with Gasteiger partial charge in [0.15, 0.2) is 5.58 Å². The number of aromatic nitrogens is 1. The molecule has 5 heteroatoms. The Morgan fingerprint density at radius 1 is 1.50 bits per heavy atom. The number of nitrogen functional groups attached to an aromatic ring is 1. The minimum atomic E-state index is -0.470. The fraction of sp³-hybridized carbons (Fsp3) is 0.